The summed E-state index contributed by atoms with van der Waals surface area (Å²) in [7, 11) is 0. The van der Waals surface area contributed by atoms with Gasteiger partial charge in [-0.25, -0.2) is 0 Å². The van der Waals surface area contributed by atoms with Crippen molar-refractivity contribution in [2.75, 3.05) is 25.2 Å². The maximum Gasteiger partial charge on any atom is 0.119 e. The lowest BCUT2D eigenvalue weighted by molar-refractivity contribution is 0.00354. The SMILES string of the molecule is N#CCc1ccc(OCC2(CBr)CCOCC2)cc1. The number of nitriles is 1. The maximum atomic E-state index is 8.63. The Bertz CT molecular complexity index is 432. The van der Waals surface area contributed by atoms with Crippen molar-refractivity contribution in [2.24, 2.45) is 5.41 Å². The van der Waals surface area contributed by atoms with E-state index in [0.29, 0.717) is 13.0 Å². The van der Waals surface area contributed by atoms with Crippen LogP contribution in [-0.4, -0.2) is 25.2 Å². The van der Waals surface area contributed by atoms with E-state index in [1.54, 1.807) is 0 Å². The van der Waals surface area contributed by atoms with E-state index in [0.717, 1.165) is 42.7 Å². The first-order valence-electron chi connectivity index (χ1n) is 6.50. The first-order valence-corrected chi connectivity index (χ1v) is 7.63. The molecule has 0 N–H and O–H groups in total. The van der Waals surface area contributed by atoms with Crippen LogP contribution < -0.4 is 4.74 Å². The maximum absolute atomic E-state index is 8.63. The number of nitrogens with zero attached hydrogens (tertiary/aromatic N) is 1. The number of rotatable bonds is 5. The highest BCUT2D eigenvalue weighted by Gasteiger charge is 2.32. The Hall–Kier alpha value is -1.05. The second kappa shape index (κ2) is 6.93. The molecule has 3 nitrogen and oxygen atoms in total. The van der Waals surface area contributed by atoms with Gasteiger partial charge in [0.05, 0.1) is 19.1 Å². The zero-order valence-electron chi connectivity index (χ0n) is 10.9. The van der Waals surface area contributed by atoms with Crippen molar-refractivity contribution in [2.45, 2.75) is 19.3 Å². The molecule has 1 aliphatic heterocycles. The summed E-state index contributed by atoms with van der Waals surface area (Å²) in [6.07, 6.45) is 2.51. The van der Waals surface area contributed by atoms with Crippen LogP contribution in [0.15, 0.2) is 24.3 Å². The molecule has 0 radical (unpaired) electrons. The minimum Gasteiger partial charge on any atom is -0.493 e. The zero-order chi connectivity index (χ0) is 13.6. The third-order valence-electron chi connectivity index (χ3n) is 3.59. The lowest BCUT2D eigenvalue weighted by Crippen LogP contribution is -2.36. The van der Waals surface area contributed by atoms with Crippen LogP contribution in [-0.2, 0) is 11.2 Å². The molecule has 0 unspecified atom stereocenters. The van der Waals surface area contributed by atoms with Gasteiger partial charge in [0.15, 0.2) is 0 Å². The Labute approximate surface area is 122 Å². The van der Waals surface area contributed by atoms with Gasteiger partial charge in [-0.15, -0.1) is 0 Å². The number of alkyl halides is 1. The van der Waals surface area contributed by atoms with Crippen LogP contribution >= 0.6 is 15.9 Å². The Morgan fingerprint density at radius 3 is 2.53 bits per heavy atom. The molecule has 1 aromatic carbocycles. The van der Waals surface area contributed by atoms with E-state index in [9.17, 15) is 0 Å². The van der Waals surface area contributed by atoms with Crippen LogP contribution in [0.4, 0.5) is 0 Å². The van der Waals surface area contributed by atoms with Gasteiger partial charge in [-0.05, 0) is 30.5 Å². The molecule has 102 valence electrons. The smallest absolute Gasteiger partial charge is 0.119 e. The van der Waals surface area contributed by atoms with Crippen molar-refractivity contribution >= 4 is 15.9 Å². The van der Waals surface area contributed by atoms with E-state index in [1.807, 2.05) is 24.3 Å². The molecule has 2 rings (SSSR count). The predicted molar refractivity (Wildman–Crippen MR) is 77.5 cm³/mol. The monoisotopic (exact) mass is 323 g/mol. The van der Waals surface area contributed by atoms with Gasteiger partial charge in [0.2, 0.25) is 0 Å². The molecule has 4 heteroatoms. The summed E-state index contributed by atoms with van der Waals surface area (Å²) >= 11 is 3.60. The molecule has 1 heterocycles. The van der Waals surface area contributed by atoms with Crippen LogP contribution in [0.25, 0.3) is 0 Å². The molecule has 0 amide bonds. The van der Waals surface area contributed by atoms with Crippen molar-refractivity contribution < 1.29 is 9.47 Å². The molecule has 1 saturated heterocycles. The third kappa shape index (κ3) is 3.95. The highest BCUT2D eigenvalue weighted by Crippen LogP contribution is 2.33. The Balaban J connectivity index is 1.92. The van der Waals surface area contributed by atoms with Crippen LogP contribution in [0.2, 0.25) is 0 Å². The first-order chi connectivity index (χ1) is 9.28. The van der Waals surface area contributed by atoms with E-state index in [1.165, 1.54) is 0 Å². The molecule has 1 aromatic rings. The molecule has 0 atom stereocenters. The molecular formula is C15H18BrNO2. The van der Waals surface area contributed by atoms with Crippen LogP contribution in [0.5, 0.6) is 5.75 Å². The second-order valence-electron chi connectivity index (χ2n) is 5.01. The summed E-state index contributed by atoms with van der Waals surface area (Å²) in [6, 6.07) is 9.91. The first kappa shape index (κ1) is 14.4. The molecule has 1 aliphatic rings. The van der Waals surface area contributed by atoms with E-state index in [-0.39, 0.29) is 5.41 Å². The Kier molecular flexibility index (Phi) is 5.24. The van der Waals surface area contributed by atoms with E-state index in [2.05, 4.69) is 22.0 Å². The highest BCUT2D eigenvalue weighted by atomic mass is 79.9. The highest BCUT2D eigenvalue weighted by molar-refractivity contribution is 9.09. The molecular weight excluding hydrogens is 306 g/mol. The average Bonchev–Trinajstić information content (AvgIpc) is 2.48. The van der Waals surface area contributed by atoms with Gasteiger partial charge in [0, 0.05) is 24.0 Å². The van der Waals surface area contributed by atoms with Gasteiger partial charge in [-0.1, -0.05) is 28.1 Å². The third-order valence-corrected chi connectivity index (χ3v) is 4.78. The Morgan fingerprint density at radius 1 is 1.26 bits per heavy atom. The number of hydrogen-bond acceptors (Lipinski definition) is 3. The van der Waals surface area contributed by atoms with Crippen LogP contribution in [0.3, 0.4) is 0 Å². The Morgan fingerprint density at radius 2 is 1.95 bits per heavy atom. The summed E-state index contributed by atoms with van der Waals surface area (Å²) in [5, 5.41) is 9.57. The van der Waals surface area contributed by atoms with Gasteiger partial charge in [0.25, 0.3) is 0 Å². The summed E-state index contributed by atoms with van der Waals surface area (Å²) < 4.78 is 11.3. The van der Waals surface area contributed by atoms with Gasteiger partial charge in [0.1, 0.15) is 5.75 Å². The van der Waals surface area contributed by atoms with Crippen molar-refractivity contribution in [3.8, 4) is 11.8 Å². The molecule has 0 bridgehead atoms. The second-order valence-corrected chi connectivity index (χ2v) is 5.57. The summed E-state index contributed by atoms with van der Waals surface area (Å²) in [6.45, 7) is 2.34. The zero-order valence-corrected chi connectivity index (χ0v) is 12.5. The molecule has 0 aliphatic carbocycles. The normalized spacial score (nSPS) is 17.7. The predicted octanol–water partition coefficient (Wildman–Crippen LogP) is 3.32. The fourth-order valence-corrected chi connectivity index (χ4v) is 2.87. The molecule has 0 aromatic heterocycles. The average molecular weight is 324 g/mol. The van der Waals surface area contributed by atoms with Gasteiger partial charge in [-0.2, -0.15) is 5.26 Å². The van der Waals surface area contributed by atoms with Gasteiger partial charge < -0.3 is 9.47 Å². The lowest BCUT2D eigenvalue weighted by atomic mass is 9.83. The van der Waals surface area contributed by atoms with Crippen molar-refractivity contribution in [3.05, 3.63) is 29.8 Å². The standard InChI is InChI=1S/C15H18BrNO2/c16-11-15(6-9-18-10-7-15)12-19-14-3-1-13(2-4-14)5-8-17/h1-4H,5-7,9-12H2. The van der Waals surface area contributed by atoms with Crippen LogP contribution in [0, 0.1) is 16.7 Å². The van der Waals surface area contributed by atoms with Crippen molar-refractivity contribution in [1.82, 2.24) is 0 Å². The van der Waals surface area contributed by atoms with Gasteiger partial charge >= 0.3 is 0 Å². The van der Waals surface area contributed by atoms with E-state index >= 15 is 0 Å². The fraction of sp³-hybridized carbons (Fsp3) is 0.533. The minimum atomic E-state index is 0.184. The summed E-state index contributed by atoms with van der Waals surface area (Å²) in [5.74, 6) is 0.869. The van der Waals surface area contributed by atoms with Crippen molar-refractivity contribution in [3.63, 3.8) is 0 Å². The largest absolute Gasteiger partial charge is 0.493 e. The van der Waals surface area contributed by atoms with Crippen LogP contribution in [0.1, 0.15) is 18.4 Å². The molecule has 1 fully saturated rings. The fourth-order valence-electron chi connectivity index (χ4n) is 2.15. The van der Waals surface area contributed by atoms with E-state index in [4.69, 9.17) is 14.7 Å². The van der Waals surface area contributed by atoms with Gasteiger partial charge in [-0.3, -0.25) is 0 Å². The quantitative estimate of drug-likeness (QED) is 0.780. The topological polar surface area (TPSA) is 42.2 Å². The number of hydrogen-bond donors (Lipinski definition) is 0. The van der Waals surface area contributed by atoms with E-state index < -0.39 is 0 Å². The molecule has 0 saturated carbocycles. The number of halogens is 1. The number of ether oxygens (including phenoxy) is 2. The molecule has 19 heavy (non-hydrogen) atoms. The summed E-state index contributed by atoms with van der Waals surface area (Å²) in [5.41, 5.74) is 1.21. The number of benzene rings is 1. The minimum absolute atomic E-state index is 0.184. The van der Waals surface area contributed by atoms with Crippen molar-refractivity contribution in [1.29, 1.82) is 5.26 Å². The lowest BCUT2D eigenvalue weighted by Gasteiger charge is -2.35. The summed E-state index contributed by atoms with van der Waals surface area (Å²) in [4.78, 5) is 0. The molecule has 0 spiro atoms.